The number of halogens is 1. The van der Waals surface area contributed by atoms with E-state index in [2.05, 4.69) is 20.9 Å². The Bertz CT molecular complexity index is 613. The van der Waals surface area contributed by atoms with Crippen molar-refractivity contribution in [2.75, 3.05) is 0 Å². The first-order chi connectivity index (χ1) is 7.81. The van der Waals surface area contributed by atoms with Gasteiger partial charge in [-0.3, -0.25) is 0 Å². The predicted molar refractivity (Wildman–Crippen MR) is 64.4 cm³/mol. The van der Waals surface area contributed by atoms with Gasteiger partial charge in [0.15, 0.2) is 0 Å². The van der Waals surface area contributed by atoms with Gasteiger partial charge in [-0.25, -0.2) is 4.98 Å². The molecule has 0 amide bonds. The zero-order valence-electron chi connectivity index (χ0n) is 8.43. The molecule has 0 radical (unpaired) electrons. The van der Waals surface area contributed by atoms with Crippen LogP contribution >= 0.6 is 15.9 Å². The molecular weight excluding hydrogens is 268 g/mol. The Morgan fingerprint density at radius 3 is 3.12 bits per heavy atom. The Morgan fingerprint density at radius 2 is 2.31 bits per heavy atom. The quantitative estimate of drug-likeness (QED) is 0.719. The molecule has 3 nitrogen and oxygen atoms in total. The number of furan rings is 1. The van der Waals surface area contributed by atoms with Gasteiger partial charge in [-0.05, 0) is 24.3 Å². The molecule has 0 aliphatic rings. The lowest BCUT2D eigenvalue weighted by atomic mass is 10.3. The molecule has 0 N–H and O–H groups in total. The van der Waals surface area contributed by atoms with Crippen molar-refractivity contribution in [2.45, 2.75) is 6.42 Å². The monoisotopic (exact) mass is 276 g/mol. The summed E-state index contributed by atoms with van der Waals surface area (Å²) in [6.45, 7) is 0. The largest absolute Gasteiger partial charge is 0.469 e. The SMILES string of the molecule is Brc1ccn2cc(Cc3ccco3)nc2c1. The number of rotatable bonds is 2. The Hall–Kier alpha value is -1.55. The first kappa shape index (κ1) is 9.66. The summed E-state index contributed by atoms with van der Waals surface area (Å²) in [4.78, 5) is 4.52. The molecule has 3 heterocycles. The van der Waals surface area contributed by atoms with Crippen molar-refractivity contribution in [3.05, 3.63) is 58.8 Å². The number of nitrogens with zero attached hydrogens (tertiary/aromatic N) is 2. The molecule has 0 aliphatic carbocycles. The Balaban J connectivity index is 1.99. The molecule has 3 aromatic rings. The molecule has 80 valence electrons. The molecule has 4 heteroatoms. The molecular formula is C12H9BrN2O. The van der Waals surface area contributed by atoms with Gasteiger partial charge in [0.05, 0.1) is 12.0 Å². The highest BCUT2D eigenvalue weighted by atomic mass is 79.9. The summed E-state index contributed by atoms with van der Waals surface area (Å²) in [5.41, 5.74) is 1.95. The molecule has 0 saturated carbocycles. The lowest BCUT2D eigenvalue weighted by molar-refractivity contribution is 0.519. The minimum absolute atomic E-state index is 0.728. The molecule has 3 rings (SSSR count). The molecule has 0 atom stereocenters. The molecule has 0 aromatic carbocycles. The van der Waals surface area contributed by atoms with Crippen molar-refractivity contribution in [2.24, 2.45) is 0 Å². The van der Waals surface area contributed by atoms with Gasteiger partial charge in [-0.15, -0.1) is 0 Å². The van der Waals surface area contributed by atoms with E-state index in [-0.39, 0.29) is 0 Å². The summed E-state index contributed by atoms with van der Waals surface area (Å²) in [7, 11) is 0. The molecule has 0 bridgehead atoms. The average molecular weight is 277 g/mol. The Labute approximate surface area is 101 Å². The van der Waals surface area contributed by atoms with Gasteiger partial charge < -0.3 is 8.82 Å². The van der Waals surface area contributed by atoms with E-state index in [4.69, 9.17) is 4.42 Å². The van der Waals surface area contributed by atoms with Crippen molar-refractivity contribution in [3.8, 4) is 0 Å². The van der Waals surface area contributed by atoms with E-state index < -0.39 is 0 Å². The van der Waals surface area contributed by atoms with Crippen LogP contribution in [0.5, 0.6) is 0 Å². The lowest BCUT2D eigenvalue weighted by Gasteiger charge is -1.91. The molecule has 0 aliphatic heterocycles. The highest BCUT2D eigenvalue weighted by Gasteiger charge is 2.04. The van der Waals surface area contributed by atoms with Crippen LogP contribution in [0.2, 0.25) is 0 Å². The van der Waals surface area contributed by atoms with Crippen LogP contribution < -0.4 is 0 Å². The van der Waals surface area contributed by atoms with Crippen LogP contribution in [0.25, 0.3) is 5.65 Å². The van der Waals surface area contributed by atoms with Crippen molar-refractivity contribution in [3.63, 3.8) is 0 Å². The van der Waals surface area contributed by atoms with Crippen LogP contribution in [0.15, 0.2) is 51.8 Å². The number of imidazole rings is 1. The van der Waals surface area contributed by atoms with E-state index in [1.807, 2.05) is 41.1 Å². The van der Waals surface area contributed by atoms with Crippen LogP contribution in [0, 0.1) is 0 Å². The van der Waals surface area contributed by atoms with E-state index in [1.54, 1.807) is 6.26 Å². The highest BCUT2D eigenvalue weighted by Crippen LogP contribution is 2.15. The first-order valence-electron chi connectivity index (χ1n) is 4.97. The second kappa shape index (κ2) is 3.79. The number of hydrogen-bond donors (Lipinski definition) is 0. The summed E-state index contributed by atoms with van der Waals surface area (Å²) in [5, 5.41) is 0. The third-order valence-electron chi connectivity index (χ3n) is 2.41. The van der Waals surface area contributed by atoms with Gasteiger partial charge >= 0.3 is 0 Å². The average Bonchev–Trinajstić information content (AvgIpc) is 2.86. The van der Waals surface area contributed by atoms with Gasteiger partial charge in [-0.1, -0.05) is 15.9 Å². The lowest BCUT2D eigenvalue weighted by Crippen LogP contribution is -1.84. The normalized spacial score (nSPS) is 11.1. The summed E-state index contributed by atoms with van der Waals surface area (Å²) in [6.07, 6.45) is 6.41. The Morgan fingerprint density at radius 1 is 1.38 bits per heavy atom. The topological polar surface area (TPSA) is 30.4 Å². The molecule has 0 fully saturated rings. The second-order valence-electron chi connectivity index (χ2n) is 3.60. The zero-order valence-corrected chi connectivity index (χ0v) is 10.0. The summed E-state index contributed by atoms with van der Waals surface area (Å²) >= 11 is 3.43. The van der Waals surface area contributed by atoms with Crippen LogP contribution in [0.4, 0.5) is 0 Å². The first-order valence-corrected chi connectivity index (χ1v) is 5.76. The molecule has 0 spiro atoms. The maximum Gasteiger partial charge on any atom is 0.138 e. The van der Waals surface area contributed by atoms with Crippen LogP contribution in [-0.4, -0.2) is 9.38 Å². The van der Waals surface area contributed by atoms with E-state index in [0.29, 0.717) is 0 Å². The van der Waals surface area contributed by atoms with E-state index >= 15 is 0 Å². The molecule has 3 aromatic heterocycles. The summed E-state index contributed by atoms with van der Waals surface area (Å²) in [6, 6.07) is 7.83. The van der Waals surface area contributed by atoms with E-state index in [9.17, 15) is 0 Å². The minimum Gasteiger partial charge on any atom is -0.469 e. The van der Waals surface area contributed by atoms with Crippen LogP contribution in [-0.2, 0) is 6.42 Å². The van der Waals surface area contributed by atoms with Gasteiger partial charge in [0, 0.05) is 23.3 Å². The number of fused-ring (bicyclic) bond motifs is 1. The Kier molecular flexibility index (Phi) is 2.29. The summed E-state index contributed by atoms with van der Waals surface area (Å²) < 4.78 is 8.34. The van der Waals surface area contributed by atoms with Gasteiger partial charge in [0.25, 0.3) is 0 Å². The predicted octanol–water partition coefficient (Wildman–Crippen LogP) is 3.28. The standard InChI is InChI=1S/C12H9BrN2O/c13-9-3-4-15-8-10(14-12(15)6-9)7-11-2-1-5-16-11/h1-6,8H,7H2. The molecule has 0 unspecified atom stereocenters. The fourth-order valence-corrected chi connectivity index (χ4v) is 2.01. The van der Waals surface area contributed by atoms with Crippen molar-refractivity contribution >= 4 is 21.6 Å². The maximum absolute atomic E-state index is 5.30. The van der Waals surface area contributed by atoms with E-state index in [1.165, 1.54) is 0 Å². The molecule has 0 saturated heterocycles. The van der Waals surface area contributed by atoms with Crippen LogP contribution in [0.1, 0.15) is 11.5 Å². The molecule has 16 heavy (non-hydrogen) atoms. The third-order valence-corrected chi connectivity index (χ3v) is 2.90. The zero-order chi connectivity index (χ0) is 11.0. The van der Waals surface area contributed by atoms with Crippen molar-refractivity contribution < 1.29 is 4.42 Å². The van der Waals surface area contributed by atoms with Crippen molar-refractivity contribution in [1.29, 1.82) is 0 Å². The fraction of sp³-hybridized carbons (Fsp3) is 0.0833. The fourth-order valence-electron chi connectivity index (χ4n) is 1.69. The number of pyridine rings is 1. The number of hydrogen-bond acceptors (Lipinski definition) is 2. The van der Waals surface area contributed by atoms with Gasteiger partial charge in [-0.2, -0.15) is 0 Å². The minimum atomic E-state index is 0.728. The summed E-state index contributed by atoms with van der Waals surface area (Å²) in [5.74, 6) is 0.933. The second-order valence-corrected chi connectivity index (χ2v) is 4.51. The van der Waals surface area contributed by atoms with Gasteiger partial charge in [0.1, 0.15) is 11.4 Å². The van der Waals surface area contributed by atoms with Crippen LogP contribution in [0.3, 0.4) is 0 Å². The van der Waals surface area contributed by atoms with E-state index in [0.717, 1.165) is 28.0 Å². The third kappa shape index (κ3) is 1.76. The smallest absolute Gasteiger partial charge is 0.138 e. The highest BCUT2D eigenvalue weighted by molar-refractivity contribution is 9.10. The maximum atomic E-state index is 5.30. The van der Waals surface area contributed by atoms with Gasteiger partial charge in [0.2, 0.25) is 0 Å². The number of aromatic nitrogens is 2. The van der Waals surface area contributed by atoms with Crippen molar-refractivity contribution in [1.82, 2.24) is 9.38 Å².